The molecule has 2 heterocycles. The third-order valence-corrected chi connectivity index (χ3v) is 16.3. The molecule has 16 heteroatoms. The lowest BCUT2D eigenvalue weighted by Gasteiger charge is -2.40. The molecule has 16 nitrogen and oxygen atoms in total. The van der Waals surface area contributed by atoms with Crippen LogP contribution < -0.4 is 37.2 Å². The number of likely N-dealkylation sites (N-methyl/N-ethyl adjacent to an activating group) is 2. The average Bonchev–Trinajstić information content (AvgIpc) is 4.09. The van der Waals surface area contributed by atoms with Crippen LogP contribution in [0.15, 0.2) is 66.7 Å². The number of nitrogens with one attached hydrogen (secondary N) is 7. The summed E-state index contributed by atoms with van der Waals surface area (Å²) in [5, 5.41) is 21.6. The van der Waals surface area contributed by atoms with E-state index in [1.54, 1.807) is 45.0 Å². The van der Waals surface area contributed by atoms with Gasteiger partial charge in [0.25, 0.3) is 5.91 Å². The minimum Gasteiger partial charge on any atom is -0.347 e. The summed E-state index contributed by atoms with van der Waals surface area (Å²) >= 11 is 0. The second-order valence-corrected chi connectivity index (χ2v) is 22.2. The summed E-state index contributed by atoms with van der Waals surface area (Å²) in [7, 11) is 3.36. The van der Waals surface area contributed by atoms with Crippen LogP contribution in [-0.4, -0.2) is 114 Å². The van der Waals surface area contributed by atoms with E-state index in [-0.39, 0.29) is 73.5 Å². The smallest absolute Gasteiger partial charge is 0.251 e. The summed E-state index contributed by atoms with van der Waals surface area (Å²) in [6.45, 7) is 9.13. The lowest BCUT2D eigenvalue weighted by molar-refractivity contribution is -0.146. The van der Waals surface area contributed by atoms with Crippen molar-refractivity contribution in [3.63, 3.8) is 0 Å². The molecule has 392 valence electrons. The van der Waals surface area contributed by atoms with Gasteiger partial charge in [-0.25, -0.2) is 0 Å². The Bertz CT molecular complexity index is 2550. The first-order valence-electron chi connectivity index (χ1n) is 26.7. The molecule has 0 radical (unpaired) electrons. The maximum Gasteiger partial charge on any atom is 0.251 e. The molecule has 0 bridgehead atoms. The highest BCUT2D eigenvalue weighted by Crippen LogP contribution is 2.35. The Kier molecular flexibility index (Phi) is 16.7. The Morgan fingerprint density at radius 3 is 1.74 bits per heavy atom. The van der Waals surface area contributed by atoms with Crippen molar-refractivity contribution in [3.05, 3.63) is 106 Å². The molecule has 2 aliphatic heterocycles. The van der Waals surface area contributed by atoms with Crippen LogP contribution in [0.2, 0.25) is 0 Å². The van der Waals surface area contributed by atoms with Gasteiger partial charge in [0.1, 0.15) is 24.2 Å². The number of fused-ring (bicyclic) bond motifs is 3. The fraction of sp³-hybridized carbons (Fsp3) is 0.561. The Morgan fingerprint density at radius 1 is 0.603 bits per heavy atom. The van der Waals surface area contributed by atoms with E-state index in [9.17, 15) is 28.8 Å². The van der Waals surface area contributed by atoms with Crippen LogP contribution in [0.25, 0.3) is 0 Å². The van der Waals surface area contributed by atoms with Crippen LogP contribution in [0, 0.1) is 11.3 Å². The van der Waals surface area contributed by atoms with Crippen molar-refractivity contribution in [2.45, 2.75) is 173 Å². The average molecular weight is 1000 g/mol. The molecule has 3 aliphatic carbocycles. The van der Waals surface area contributed by atoms with E-state index in [0.29, 0.717) is 11.1 Å². The molecule has 0 spiro atoms. The number of aryl methyl sites for hydroxylation is 2. The van der Waals surface area contributed by atoms with Crippen LogP contribution in [0.4, 0.5) is 0 Å². The van der Waals surface area contributed by atoms with Crippen LogP contribution >= 0.6 is 0 Å². The first-order chi connectivity index (χ1) is 34.9. The van der Waals surface area contributed by atoms with Crippen molar-refractivity contribution in [1.82, 2.24) is 47.0 Å². The first-order valence-corrected chi connectivity index (χ1v) is 26.7. The van der Waals surface area contributed by atoms with E-state index in [4.69, 9.17) is 0 Å². The summed E-state index contributed by atoms with van der Waals surface area (Å²) in [6, 6.07) is 15.7. The normalized spacial score (nSPS) is 23.4. The van der Waals surface area contributed by atoms with Crippen LogP contribution in [0.1, 0.15) is 148 Å². The van der Waals surface area contributed by atoms with Gasteiger partial charge in [0.05, 0.1) is 24.2 Å². The van der Waals surface area contributed by atoms with Crippen molar-refractivity contribution < 1.29 is 33.6 Å². The van der Waals surface area contributed by atoms with Gasteiger partial charge in [-0.2, -0.15) is 0 Å². The molecule has 1 saturated heterocycles. The summed E-state index contributed by atoms with van der Waals surface area (Å²) in [4.78, 5) is 103. The zero-order chi connectivity index (χ0) is 52.1. The molecular formula is C57H77N9O7. The van der Waals surface area contributed by atoms with Gasteiger partial charge in [-0.1, -0.05) is 88.2 Å². The fourth-order valence-corrected chi connectivity index (χ4v) is 11.7. The molecule has 7 N–H and O–H groups in total. The Labute approximate surface area is 430 Å². The maximum absolute atomic E-state index is 15.1. The van der Waals surface area contributed by atoms with E-state index in [0.717, 1.165) is 80.9 Å². The van der Waals surface area contributed by atoms with E-state index in [1.807, 2.05) is 57.2 Å². The van der Waals surface area contributed by atoms with Gasteiger partial charge in [-0.3, -0.25) is 33.6 Å². The number of hydrogen-bond acceptors (Lipinski definition) is 9. The molecule has 0 unspecified atom stereocenters. The Hall–Kier alpha value is -6.13. The largest absolute Gasteiger partial charge is 0.347 e. The van der Waals surface area contributed by atoms with Crippen molar-refractivity contribution in [2.75, 3.05) is 20.6 Å². The molecule has 2 fully saturated rings. The molecular weight excluding hydrogens is 923 g/mol. The number of hydrogen-bond donors (Lipinski definition) is 7. The number of likely N-dealkylation sites (tertiary alicyclic amines) is 1. The van der Waals surface area contributed by atoms with Gasteiger partial charge in [0.2, 0.25) is 35.4 Å². The van der Waals surface area contributed by atoms with Gasteiger partial charge in [-0.15, -0.1) is 0 Å². The van der Waals surface area contributed by atoms with Crippen molar-refractivity contribution in [3.8, 4) is 0 Å². The van der Waals surface area contributed by atoms with Crippen LogP contribution in [0.5, 0.6) is 0 Å². The highest BCUT2D eigenvalue weighted by molar-refractivity contribution is 5.97. The van der Waals surface area contributed by atoms with Gasteiger partial charge < -0.3 is 47.0 Å². The third-order valence-electron chi connectivity index (χ3n) is 16.3. The molecule has 0 aromatic heterocycles. The highest BCUT2D eigenvalue weighted by Gasteiger charge is 2.47. The molecule has 5 aliphatic rings. The van der Waals surface area contributed by atoms with Gasteiger partial charge in [0.15, 0.2) is 0 Å². The summed E-state index contributed by atoms with van der Waals surface area (Å²) in [5.41, 5.74) is 5.66. The Balaban J connectivity index is 1.06. The quantitative estimate of drug-likeness (QED) is 0.115. The van der Waals surface area contributed by atoms with E-state index in [2.05, 4.69) is 55.4 Å². The third kappa shape index (κ3) is 12.0. The fourth-order valence-electron chi connectivity index (χ4n) is 11.7. The number of benzene rings is 3. The van der Waals surface area contributed by atoms with Crippen LogP contribution in [0.3, 0.4) is 0 Å². The second kappa shape index (κ2) is 23.0. The maximum atomic E-state index is 15.1. The first kappa shape index (κ1) is 53.2. The molecule has 3 aromatic rings. The molecule has 9 atom stereocenters. The predicted octanol–water partition coefficient (Wildman–Crippen LogP) is 4.45. The number of carbonyl (C=O) groups excluding carboxylic acids is 7. The van der Waals surface area contributed by atoms with Crippen molar-refractivity contribution in [2.24, 2.45) is 11.3 Å². The number of carbonyl (C=O) groups is 7. The highest BCUT2D eigenvalue weighted by atomic mass is 16.2. The van der Waals surface area contributed by atoms with Crippen molar-refractivity contribution >= 4 is 41.4 Å². The predicted molar refractivity (Wildman–Crippen MR) is 279 cm³/mol. The van der Waals surface area contributed by atoms with Gasteiger partial charge >= 0.3 is 0 Å². The monoisotopic (exact) mass is 1000 g/mol. The molecule has 73 heavy (non-hydrogen) atoms. The number of amides is 7. The standard InChI is InChI=1S/C57H77N9O7/c1-33(58-6)50(67)63-48(37-18-8-9-19-37)55(72)65-31-40-28-39(27-26-38(40)29-46(65)53(70)61-44-24-14-20-35-16-10-12-22-42(35)44)52(69)60-41-30-47(54(71)62-45-25-15-21-36-17-11-13-23-43(36)45)66(32-41)56(73)49(57(3,4)5)64-51(68)34(2)59-7/h10-13,16-17,22-23,26-28,33-34,37,41,44-49,58-59H,8-9,14-15,18-21,24-25,29-32H2,1-7H3,(H,60,69)(H,61,70)(H,62,71)(H,63,67)(H,64,68)/t33-,34-,41-,44+,45+,46-,47-,48-,49+/m0/s1. The SMILES string of the molecule is CN[C@@H](C)C(=O)N[C@H](C(=O)N1Cc2cc(C(=O)N[C@H]3C[C@@H](C(=O)N[C@@H]4CCCc5ccccc54)N(C(=O)[C@@H](NC(=O)[C@H](C)NC)C(C)(C)C)C3)ccc2C[C@H]1C(=O)N[C@@H]1CCCc2ccccc21)C1CCCC1. The summed E-state index contributed by atoms with van der Waals surface area (Å²) < 4.78 is 0. The minimum absolute atomic E-state index is 0.0316. The topological polar surface area (TPSA) is 210 Å². The van der Waals surface area contributed by atoms with E-state index in [1.165, 1.54) is 16.0 Å². The van der Waals surface area contributed by atoms with E-state index < -0.39 is 59.5 Å². The lowest BCUT2D eigenvalue weighted by Crippen LogP contribution is -2.60. The van der Waals surface area contributed by atoms with Crippen LogP contribution in [-0.2, 0) is 54.6 Å². The van der Waals surface area contributed by atoms with Crippen molar-refractivity contribution in [1.29, 1.82) is 0 Å². The second-order valence-electron chi connectivity index (χ2n) is 22.2. The molecule has 3 aromatic carbocycles. The Morgan fingerprint density at radius 2 is 1.16 bits per heavy atom. The summed E-state index contributed by atoms with van der Waals surface area (Å²) in [6.07, 6.45) is 8.99. The number of rotatable bonds is 15. The van der Waals surface area contributed by atoms with Gasteiger partial charge in [-0.05, 0) is 143 Å². The lowest BCUT2D eigenvalue weighted by atomic mass is 9.85. The molecule has 7 amide bonds. The molecule has 8 rings (SSSR count). The zero-order valence-electron chi connectivity index (χ0n) is 43.8. The minimum atomic E-state index is -0.972. The molecule has 1 saturated carbocycles. The zero-order valence-corrected chi connectivity index (χ0v) is 43.8. The summed E-state index contributed by atoms with van der Waals surface area (Å²) in [5.74, 6) is -2.49. The number of nitrogens with zero attached hydrogens (tertiary/aromatic N) is 2. The van der Waals surface area contributed by atoms with Gasteiger partial charge in [0, 0.05) is 31.1 Å². The van der Waals surface area contributed by atoms with E-state index >= 15 is 4.79 Å².